The maximum absolute atomic E-state index is 12.6. The molecule has 0 amide bonds. The number of hydrogen-bond donors (Lipinski definition) is 1. The molecule has 0 bridgehead atoms. The Morgan fingerprint density at radius 1 is 1.33 bits per heavy atom. The predicted octanol–water partition coefficient (Wildman–Crippen LogP) is 1.11. The van der Waals surface area contributed by atoms with Crippen LogP contribution in [0.1, 0.15) is 25.7 Å². The van der Waals surface area contributed by atoms with E-state index in [1.54, 1.807) is 4.90 Å². The Kier molecular flexibility index (Phi) is 6.85. The van der Waals surface area contributed by atoms with Gasteiger partial charge in [-0.05, 0) is 12.8 Å². The lowest BCUT2D eigenvalue weighted by Crippen LogP contribution is -2.56. The van der Waals surface area contributed by atoms with E-state index < -0.39 is 24.8 Å². The number of hydrogen-bond acceptors (Lipinski definition) is 6. The van der Waals surface area contributed by atoms with Gasteiger partial charge in [-0.15, -0.1) is 0 Å². The number of aliphatic hydroxyl groups is 1. The molecule has 2 heterocycles. The van der Waals surface area contributed by atoms with E-state index in [0.29, 0.717) is 12.8 Å². The number of ether oxygens (including phenoxy) is 3. The zero-order valence-electron chi connectivity index (χ0n) is 13.6. The van der Waals surface area contributed by atoms with Crippen LogP contribution in [0.4, 0.5) is 13.2 Å². The Morgan fingerprint density at radius 3 is 2.75 bits per heavy atom. The fraction of sp³-hybridized carbons (Fsp3) is 0.933. The lowest BCUT2D eigenvalue weighted by Gasteiger charge is -2.44. The monoisotopic (exact) mass is 355 g/mol. The van der Waals surface area contributed by atoms with E-state index >= 15 is 0 Å². The number of carbonyl (C=O) groups excluding carboxylic acids is 1. The molecule has 6 nitrogen and oxygen atoms in total. The number of aliphatic hydroxyl groups excluding tert-OH is 1. The summed E-state index contributed by atoms with van der Waals surface area (Å²) in [7, 11) is 1.30. The number of halogens is 3. The minimum absolute atomic E-state index is 0.0523. The third kappa shape index (κ3) is 5.87. The number of nitrogens with zero attached hydrogens (tertiary/aromatic N) is 1. The average molecular weight is 355 g/mol. The van der Waals surface area contributed by atoms with E-state index in [-0.39, 0.29) is 50.8 Å². The molecule has 1 N–H and O–H groups in total. The third-order valence-corrected chi connectivity index (χ3v) is 4.39. The molecule has 2 fully saturated rings. The van der Waals surface area contributed by atoms with E-state index in [9.17, 15) is 23.1 Å². The van der Waals surface area contributed by atoms with Gasteiger partial charge in [0.2, 0.25) is 0 Å². The normalized spacial score (nSPS) is 32.5. The molecule has 0 aliphatic carbocycles. The quantitative estimate of drug-likeness (QED) is 0.762. The van der Waals surface area contributed by atoms with E-state index in [1.165, 1.54) is 7.11 Å². The van der Waals surface area contributed by atoms with Crippen LogP contribution < -0.4 is 0 Å². The summed E-state index contributed by atoms with van der Waals surface area (Å²) in [5.41, 5.74) is 0. The second kappa shape index (κ2) is 8.46. The standard InChI is InChI=1S/C15H24F3NO5/c1-22-14(21)6-11-2-3-12-13(24-11)9-23-8-10(20)7-19(12)5-4-15(16,17)18/h10-13,20H,2-9H2,1H3/t10-,11+,12+,13-/m1/s1. The van der Waals surface area contributed by atoms with Crippen LogP contribution in [0.2, 0.25) is 0 Å². The molecule has 0 spiro atoms. The number of methoxy groups -OCH3 is 1. The van der Waals surface area contributed by atoms with Gasteiger partial charge in [0.1, 0.15) is 0 Å². The fourth-order valence-electron chi connectivity index (χ4n) is 3.24. The van der Waals surface area contributed by atoms with Crippen molar-refractivity contribution in [1.29, 1.82) is 0 Å². The third-order valence-electron chi connectivity index (χ3n) is 4.39. The molecule has 140 valence electrons. The second-order valence-electron chi connectivity index (χ2n) is 6.27. The van der Waals surface area contributed by atoms with Gasteiger partial charge >= 0.3 is 12.1 Å². The number of esters is 1. The van der Waals surface area contributed by atoms with Gasteiger partial charge in [-0.2, -0.15) is 13.2 Å². The number of alkyl halides is 3. The number of β-amino-alcohol motifs (C(OH)–C–C–N with tert-alkyl or cyclic N) is 1. The van der Waals surface area contributed by atoms with Gasteiger partial charge in [-0.3, -0.25) is 9.69 Å². The van der Waals surface area contributed by atoms with Crippen LogP contribution in [0.25, 0.3) is 0 Å². The maximum atomic E-state index is 12.6. The SMILES string of the molecule is COC(=O)C[C@@H]1CC[C@H]2[C@@H](COC[C@H](O)CN2CCC(F)(F)F)O1. The first-order valence-corrected chi connectivity index (χ1v) is 8.07. The summed E-state index contributed by atoms with van der Waals surface area (Å²) >= 11 is 0. The lowest BCUT2D eigenvalue weighted by molar-refractivity contribution is -0.172. The van der Waals surface area contributed by atoms with Gasteiger partial charge in [0.15, 0.2) is 0 Å². The molecule has 0 unspecified atom stereocenters. The summed E-state index contributed by atoms with van der Waals surface area (Å²) in [6.07, 6.45) is -5.50. The molecule has 2 aliphatic rings. The Balaban J connectivity index is 2.01. The molecule has 0 aromatic heterocycles. The zero-order chi connectivity index (χ0) is 17.7. The number of carbonyl (C=O) groups is 1. The topological polar surface area (TPSA) is 68.2 Å². The van der Waals surface area contributed by atoms with Gasteiger partial charge < -0.3 is 19.3 Å². The van der Waals surface area contributed by atoms with Crippen LogP contribution >= 0.6 is 0 Å². The first-order chi connectivity index (χ1) is 11.3. The summed E-state index contributed by atoms with van der Waals surface area (Å²) in [6, 6.07) is -0.267. The molecule has 2 saturated heterocycles. The van der Waals surface area contributed by atoms with Crippen molar-refractivity contribution in [2.75, 3.05) is 33.4 Å². The van der Waals surface area contributed by atoms with Gasteiger partial charge in [0, 0.05) is 19.1 Å². The zero-order valence-corrected chi connectivity index (χ0v) is 13.6. The van der Waals surface area contributed by atoms with Crippen molar-refractivity contribution in [1.82, 2.24) is 4.90 Å². The largest absolute Gasteiger partial charge is 0.469 e. The van der Waals surface area contributed by atoms with Crippen LogP contribution in [-0.4, -0.2) is 79.9 Å². The lowest BCUT2D eigenvalue weighted by atomic mass is 9.94. The minimum atomic E-state index is -4.25. The first kappa shape index (κ1) is 19.4. The number of fused-ring (bicyclic) bond motifs is 1. The molecule has 0 saturated carbocycles. The van der Waals surface area contributed by atoms with Crippen molar-refractivity contribution < 1.29 is 37.3 Å². The van der Waals surface area contributed by atoms with Crippen molar-refractivity contribution in [3.8, 4) is 0 Å². The van der Waals surface area contributed by atoms with E-state index in [4.69, 9.17) is 9.47 Å². The minimum Gasteiger partial charge on any atom is -0.469 e. The van der Waals surface area contributed by atoms with Gasteiger partial charge in [0.05, 0.1) is 51.5 Å². The number of rotatable bonds is 4. The van der Waals surface area contributed by atoms with Crippen molar-refractivity contribution in [2.24, 2.45) is 0 Å². The average Bonchev–Trinajstić information content (AvgIpc) is 2.49. The van der Waals surface area contributed by atoms with Gasteiger partial charge in [0.25, 0.3) is 0 Å². The Hall–Kier alpha value is -0.900. The highest BCUT2D eigenvalue weighted by Gasteiger charge is 2.39. The van der Waals surface area contributed by atoms with Crippen molar-refractivity contribution >= 4 is 5.97 Å². The van der Waals surface area contributed by atoms with Crippen LogP contribution in [0.5, 0.6) is 0 Å². The van der Waals surface area contributed by atoms with E-state index in [2.05, 4.69) is 4.74 Å². The summed E-state index contributed by atoms with van der Waals surface area (Å²) < 4.78 is 53.6. The van der Waals surface area contributed by atoms with Gasteiger partial charge in [-0.25, -0.2) is 0 Å². The van der Waals surface area contributed by atoms with Crippen molar-refractivity contribution in [3.63, 3.8) is 0 Å². The molecule has 0 aromatic rings. The highest BCUT2D eigenvalue weighted by atomic mass is 19.4. The molecule has 24 heavy (non-hydrogen) atoms. The first-order valence-electron chi connectivity index (χ1n) is 8.07. The molecular formula is C15H24F3NO5. The van der Waals surface area contributed by atoms with Crippen LogP contribution in [0, 0.1) is 0 Å². The predicted molar refractivity (Wildman–Crippen MR) is 77.4 cm³/mol. The smallest absolute Gasteiger partial charge is 0.390 e. The van der Waals surface area contributed by atoms with Crippen LogP contribution in [0.3, 0.4) is 0 Å². The van der Waals surface area contributed by atoms with Crippen LogP contribution in [0.15, 0.2) is 0 Å². The highest BCUT2D eigenvalue weighted by Crippen LogP contribution is 2.29. The summed E-state index contributed by atoms with van der Waals surface area (Å²) in [5.74, 6) is -0.380. The van der Waals surface area contributed by atoms with Crippen molar-refractivity contribution in [2.45, 2.75) is 56.2 Å². The van der Waals surface area contributed by atoms with Crippen molar-refractivity contribution in [3.05, 3.63) is 0 Å². The molecular weight excluding hydrogens is 331 g/mol. The van der Waals surface area contributed by atoms with Crippen LogP contribution in [-0.2, 0) is 19.0 Å². The Morgan fingerprint density at radius 2 is 2.08 bits per heavy atom. The summed E-state index contributed by atoms with van der Waals surface area (Å²) in [5, 5.41) is 9.86. The Labute approximate surface area is 138 Å². The highest BCUT2D eigenvalue weighted by molar-refractivity contribution is 5.69. The van der Waals surface area contributed by atoms with E-state index in [1.807, 2.05) is 0 Å². The fourth-order valence-corrected chi connectivity index (χ4v) is 3.24. The second-order valence-corrected chi connectivity index (χ2v) is 6.27. The molecule has 2 aliphatic heterocycles. The van der Waals surface area contributed by atoms with E-state index in [0.717, 1.165) is 0 Å². The van der Waals surface area contributed by atoms with Gasteiger partial charge in [-0.1, -0.05) is 0 Å². The molecule has 0 radical (unpaired) electrons. The molecule has 4 atom stereocenters. The molecule has 0 aromatic carbocycles. The summed E-state index contributed by atoms with van der Waals surface area (Å²) in [6.45, 7) is 0.160. The molecule has 2 rings (SSSR count). The Bertz CT molecular complexity index is 420. The summed E-state index contributed by atoms with van der Waals surface area (Å²) in [4.78, 5) is 13.0. The molecule has 9 heteroatoms. The maximum Gasteiger partial charge on any atom is 0.390 e.